The van der Waals surface area contributed by atoms with Crippen LogP contribution in [0.2, 0.25) is 0 Å². The Morgan fingerprint density at radius 1 is 1.64 bits per heavy atom. The summed E-state index contributed by atoms with van der Waals surface area (Å²) in [6, 6.07) is 0. The van der Waals surface area contributed by atoms with E-state index in [1.807, 2.05) is 19.0 Å². The lowest BCUT2D eigenvalue weighted by atomic mass is 10.6. The quantitative estimate of drug-likeness (QED) is 0.532. The predicted molar refractivity (Wildman–Crippen MR) is 43.9 cm³/mol. The molecule has 0 spiro atoms. The van der Waals surface area contributed by atoms with E-state index in [4.69, 9.17) is 0 Å². The van der Waals surface area contributed by atoms with Crippen molar-refractivity contribution in [2.24, 2.45) is 4.99 Å². The zero-order chi connectivity index (χ0) is 8.69. The van der Waals surface area contributed by atoms with Gasteiger partial charge >= 0.3 is 0 Å². The molecule has 0 aromatic heterocycles. The summed E-state index contributed by atoms with van der Waals surface area (Å²) >= 11 is 0. The third kappa shape index (κ3) is 7.15. The molecule has 4 heteroatoms. The lowest BCUT2D eigenvalue weighted by Crippen LogP contribution is -2.15. The summed E-state index contributed by atoms with van der Waals surface area (Å²) in [5.74, 6) is -0.241. The number of carbonyl (C=O) groups excluding carboxylic acids is 1. The Morgan fingerprint density at radius 3 is 2.73 bits per heavy atom. The van der Waals surface area contributed by atoms with E-state index in [-0.39, 0.29) is 12.5 Å². The van der Waals surface area contributed by atoms with Gasteiger partial charge in [0.1, 0.15) is 6.61 Å². The van der Waals surface area contributed by atoms with Crippen molar-refractivity contribution in [2.75, 3.05) is 34.4 Å². The van der Waals surface area contributed by atoms with E-state index in [0.29, 0.717) is 6.54 Å². The van der Waals surface area contributed by atoms with Gasteiger partial charge in [-0.05, 0) is 14.1 Å². The van der Waals surface area contributed by atoms with Crippen LogP contribution in [-0.2, 0) is 9.53 Å². The molecule has 4 nitrogen and oxygen atoms in total. The van der Waals surface area contributed by atoms with E-state index in [1.54, 1.807) is 6.21 Å². The number of aliphatic imine (C=N–C) groups is 1. The molecule has 0 aromatic carbocycles. The zero-order valence-corrected chi connectivity index (χ0v) is 7.20. The Kier molecular flexibility index (Phi) is 5.60. The fraction of sp³-hybridized carbons (Fsp3) is 0.714. The van der Waals surface area contributed by atoms with Gasteiger partial charge in [-0.3, -0.25) is 4.79 Å². The lowest BCUT2D eigenvalue weighted by Gasteiger charge is -2.02. The molecule has 0 aliphatic carbocycles. The van der Waals surface area contributed by atoms with Gasteiger partial charge in [-0.1, -0.05) is 0 Å². The summed E-state index contributed by atoms with van der Waals surface area (Å²) in [5.41, 5.74) is 0. The first-order valence-corrected chi connectivity index (χ1v) is 3.36. The molecule has 0 rings (SSSR count). The number of carbonyl (C=O) groups is 1. The van der Waals surface area contributed by atoms with Crippen LogP contribution in [0.15, 0.2) is 4.99 Å². The fourth-order valence-electron chi connectivity index (χ4n) is 0.467. The van der Waals surface area contributed by atoms with Gasteiger partial charge in [0.2, 0.25) is 0 Å². The highest BCUT2D eigenvalue weighted by Crippen LogP contribution is 1.76. The number of hydrogen-bond donors (Lipinski definition) is 0. The minimum Gasteiger partial charge on any atom is -0.375 e. The Morgan fingerprint density at radius 2 is 2.27 bits per heavy atom. The topological polar surface area (TPSA) is 41.9 Å². The average Bonchev–Trinajstić information content (AvgIpc) is 1.87. The summed E-state index contributed by atoms with van der Waals surface area (Å²) in [4.78, 5) is 16.2. The molecule has 0 aliphatic rings. The highest BCUT2D eigenvalue weighted by molar-refractivity contribution is 5.86. The van der Waals surface area contributed by atoms with Gasteiger partial charge in [-0.15, -0.1) is 0 Å². The second-order valence-electron chi connectivity index (χ2n) is 2.40. The van der Waals surface area contributed by atoms with Gasteiger partial charge in [-0.2, -0.15) is 0 Å². The van der Waals surface area contributed by atoms with Crippen LogP contribution in [0.1, 0.15) is 0 Å². The van der Waals surface area contributed by atoms with Crippen LogP contribution < -0.4 is 0 Å². The van der Waals surface area contributed by atoms with Gasteiger partial charge in [0, 0.05) is 19.9 Å². The molecule has 0 saturated heterocycles. The van der Waals surface area contributed by atoms with Crippen molar-refractivity contribution in [1.82, 2.24) is 4.90 Å². The lowest BCUT2D eigenvalue weighted by molar-refractivity contribution is -0.121. The number of amides is 1. The van der Waals surface area contributed by atoms with Crippen LogP contribution in [0.4, 0.5) is 0 Å². The number of rotatable bonds is 4. The third-order valence-electron chi connectivity index (χ3n) is 0.950. The first kappa shape index (κ1) is 10.3. The Hall–Kier alpha value is -0.740. The molecule has 1 amide bonds. The number of methoxy groups -OCH3 is 1. The molecule has 0 radical (unpaired) electrons. The molecule has 0 N–H and O–H groups in total. The SMILES string of the molecule is COCC(=O)N=CCN(C)C. The Bertz CT molecular complexity index is 143. The summed E-state index contributed by atoms with van der Waals surface area (Å²) in [6.07, 6.45) is 1.57. The Balaban J connectivity index is 3.48. The highest BCUT2D eigenvalue weighted by atomic mass is 16.5. The van der Waals surface area contributed by atoms with Gasteiger partial charge in [0.05, 0.1) is 0 Å². The largest absolute Gasteiger partial charge is 0.375 e. The van der Waals surface area contributed by atoms with Crippen LogP contribution in [0.5, 0.6) is 0 Å². The first-order chi connectivity index (χ1) is 5.16. The minimum atomic E-state index is -0.241. The predicted octanol–water partition coefficient (Wildman–Crippen LogP) is -0.208. The monoisotopic (exact) mass is 158 g/mol. The maximum Gasteiger partial charge on any atom is 0.271 e. The molecule has 0 atom stereocenters. The van der Waals surface area contributed by atoms with E-state index in [1.165, 1.54) is 7.11 Å². The Labute approximate surface area is 66.9 Å². The van der Waals surface area contributed by atoms with Crippen LogP contribution in [0.3, 0.4) is 0 Å². The molecule has 0 unspecified atom stereocenters. The third-order valence-corrected chi connectivity index (χ3v) is 0.950. The van der Waals surface area contributed by atoms with E-state index in [9.17, 15) is 4.79 Å². The van der Waals surface area contributed by atoms with Gasteiger partial charge in [0.25, 0.3) is 5.91 Å². The second kappa shape index (κ2) is 6.00. The van der Waals surface area contributed by atoms with Crippen LogP contribution >= 0.6 is 0 Å². The van der Waals surface area contributed by atoms with Crippen molar-refractivity contribution >= 4 is 12.1 Å². The maximum absolute atomic E-state index is 10.7. The van der Waals surface area contributed by atoms with Crippen molar-refractivity contribution < 1.29 is 9.53 Å². The summed E-state index contributed by atoms with van der Waals surface area (Å²) in [6.45, 7) is 0.735. The molecule has 0 heterocycles. The maximum atomic E-state index is 10.7. The van der Waals surface area contributed by atoms with E-state index >= 15 is 0 Å². The van der Waals surface area contributed by atoms with E-state index < -0.39 is 0 Å². The van der Waals surface area contributed by atoms with Crippen molar-refractivity contribution in [3.63, 3.8) is 0 Å². The van der Waals surface area contributed by atoms with E-state index in [2.05, 4.69) is 9.73 Å². The first-order valence-electron chi connectivity index (χ1n) is 3.36. The summed E-state index contributed by atoms with van der Waals surface area (Å²) in [7, 11) is 5.29. The molecule has 64 valence electrons. The van der Waals surface area contributed by atoms with Crippen LogP contribution in [0.25, 0.3) is 0 Å². The molecule has 0 aromatic rings. The van der Waals surface area contributed by atoms with Gasteiger partial charge in [0.15, 0.2) is 0 Å². The fourth-order valence-corrected chi connectivity index (χ4v) is 0.467. The van der Waals surface area contributed by atoms with Crippen LogP contribution in [-0.4, -0.2) is 51.4 Å². The minimum absolute atomic E-state index is 0.0595. The highest BCUT2D eigenvalue weighted by Gasteiger charge is 1.93. The molecule has 0 bridgehead atoms. The van der Waals surface area contributed by atoms with Crippen molar-refractivity contribution in [2.45, 2.75) is 0 Å². The molecule has 11 heavy (non-hydrogen) atoms. The average molecular weight is 158 g/mol. The molecule has 0 aliphatic heterocycles. The van der Waals surface area contributed by atoms with Crippen molar-refractivity contribution in [1.29, 1.82) is 0 Å². The number of hydrogen-bond acceptors (Lipinski definition) is 3. The molecule has 0 saturated carbocycles. The van der Waals surface area contributed by atoms with Crippen LogP contribution in [0, 0.1) is 0 Å². The van der Waals surface area contributed by atoms with Gasteiger partial charge in [-0.25, -0.2) is 4.99 Å². The molecule has 0 fully saturated rings. The standard InChI is InChI=1S/C7H14N2O2/c1-9(2)5-4-8-7(10)6-11-3/h4H,5-6H2,1-3H3. The molecular weight excluding hydrogens is 144 g/mol. The van der Waals surface area contributed by atoms with Crippen molar-refractivity contribution in [3.05, 3.63) is 0 Å². The second-order valence-corrected chi connectivity index (χ2v) is 2.40. The molecular formula is C7H14N2O2. The summed E-state index contributed by atoms with van der Waals surface area (Å²) < 4.78 is 4.58. The smallest absolute Gasteiger partial charge is 0.271 e. The van der Waals surface area contributed by atoms with E-state index in [0.717, 1.165) is 0 Å². The number of ether oxygens (including phenoxy) is 1. The number of nitrogens with zero attached hydrogens (tertiary/aromatic N) is 2. The summed E-state index contributed by atoms with van der Waals surface area (Å²) in [5, 5.41) is 0. The zero-order valence-electron chi connectivity index (χ0n) is 7.20. The normalized spacial score (nSPS) is 11.3. The van der Waals surface area contributed by atoms with Crippen molar-refractivity contribution in [3.8, 4) is 0 Å². The van der Waals surface area contributed by atoms with Gasteiger partial charge < -0.3 is 9.64 Å².